The van der Waals surface area contributed by atoms with Crippen LogP contribution < -0.4 is 34.8 Å². The summed E-state index contributed by atoms with van der Waals surface area (Å²) in [7, 11) is -4.70. The van der Waals surface area contributed by atoms with Crippen molar-refractivity contribution >= 4 is 149 Å². The number of ether oxygens (including phenoxy) is 2. The van der Waals surface area contributed by atoms with Crippen LogP contribution in [0.15, 0.2) is 79.9 Å². The van der Waals surface area contributed by atoms with E-state index in [-0.39, 0.29) is 70.2 Å². The Hall–Kier alpha value is -6.50. The fourth-order valence-electron chi connectivity index (χ4n) is 7.18. The third kappa shape index (κ3) is 14.0. The van der Waals surface area contributed by atoms with Crippen LogP contribution in [0.2, 0.25) is 10.0 Å². The van der Waals surface area contributed by atoms with Crippen molar-refractivity contribution in [2.24, 2.45) is 20.5 Å². The molecule has 30 heteroatoms. The molecule has 73 heavy (non-hydrogen) atoms. The molecular weight excluding hydrogens is 1070 g/mol. The molecule has 3 heterocycles. The number of nitrogens with zero attached hydrogens (tertiary/aromatic N) is 12. The summed E-state index contributed by atoms with van der Waals surface area (Å²) >= 11 is 14.6. The van der Waals surface area contributed by atoms with Gasteiger partial charge >= 0.3 is 10.6 Å². The Morgan fingerprint density at radius 3 is 1.60 bits per heavy atom. The molecule has 0 saturated carbocycles. The molecule has 0 atom stereocenters. The Bertz CT molecular complexity index is 3370. The number of azo groups is 2. The fourth-order valence-corrected chi connectivity index (χ4v) is 10.7. The number of thiazole rings is 2. The summed E-state index contributed by atoms with van der Waals surface area (Å²) in [6.07, 6.45) is 0. The molecule has 7 aromatic rings. The predicted molar refractivity (Wildman–Crippen MR) is 283 cm³/mol. The Balaban J connectivity index is 0.00000209. The lowest BCUT2D eigenvalue weighted by atomic mass is 10.2. The quantitative estimate of drug-likeness (QED) is 0.0311. The summed E-state index contributed by atoms with van der Waals surface area (Å²) in [6.45, 7) is 10.3. The first-order valence-electron chi connectivity index (χ1n) is 21.9. The number of rotatable bonds is 22. The molecule has 7 rings (SSSR count). The van der Waals surface area contributed by atoms with Gasteiger partial charge in [0.15, 0.2) is 0 Å². The highest BCUT2D eigenvalue weighted by molar-refractivity contribution is 7.86. The van der Waals surface area contributed by atoms with Gasteiger partial charge in [0.2, 0.25) is 28.1 Å². The average molecular weight is 1120 g/mol. The number of methoxy groups -OCH3 is 2. The summed E-state index contributed by atoms with van der Waals surface area (Å²) < 4.78 is 72.5. The molecule has 3 aromatic heterocycles. The van der Waals surface area contributed by atoms with E-state index in [0.717, 1.165) is 27.2 Å². The molecule has 388 valence electrons. The molecule has 0 saturated heterocycles. The molecule has 0 spiro atoms. The van der Waals surface area contributed by atoms with Crippen molar-refractivity contribution in [1.29, 1.82) is 0 Å². The van der Waals surface area contributed by atoms with Crippen molar-refractivity contribution in [3.8, 4) is 11.5 Å². The molecule has 0 amide bonds. The van der Waals surface area contributed by atoms with Gasteiger partial charge in [-0.2, -0.15) is 23.4 Å². The molecule has 0 unspecified atom stereocenters. The van der Waals surface area contributed by atoms with Gasteiger partial charge in [0.05, 0.1) is 75.6 Å². The van der Waals surface area contributed by atoms with E-state index < -0.39 is 25.6 Å². The number of benzene rings is 4. The number of hydrogen-bond donors (Lipinski definition) is 5. The van der Waals surface area contributed by atoms with Crippen LogP contribution in [0.5, 0.6) is 11.5 Å². The molecule has 5 N–H and O–H groups in total. The van der Waals surface area contributed by atoms with Gasteiger partial charge in [0, 0.05) is 56.4 Å². The number of aromatic nitrogens is 5. The number of halogens is 2. The van der Waals surface area contributed by atoms with Gasteiger partial charge in [-0.05, 0) is 70.2 Å². The molecular formula is C43H48Cl2N14O10S4. The van der Waals surface area contributed by atoms with E-state index in [1.807, 2.05) is 45.9 Å². The summed E-state index contributed by atoms with van der Waals surface area (Å²) in [6, 6.07) is 15.3. The molecule has 4 aromatic carbocycles. The van der Waals surface area contributed by atoms with Crippen LogP contribution in [0, 0.1) is 0 Å². The van der Waals surface area contributed by atoms with Gasteiger partial charge in [-0.25, -0.2) is 9.97 Å². The van der Waals surface area contributed by atoms with Gasteiger partial charge in [0.25, 0.3) is 10.1 Å². The smallest absolute Gasteiger partial charge is 0.425 e. The Morgan fingerprint density at radius 2 is 1.14 bits per heavy atom. The maximum absolute atomic E-state index is 12.3. The lowest BCUT2D eigenvalue weighted by Crippen LogP contribution is -2.31. The maximum atomic E-state index is 12.3. The second kappa shape index (κ2) is 25.4. The fraction of sp³-hybridized carbons (Fsp3) is 0.326. The van der Waals surface area contributed by atoms with Crippen LogP contribution in [0.1, 0.15) is 27.7 Å². The van der Waals surface area contributed by atoms with Crippen molar-refractivity contribution in [3.05, 3.63) is 64.6 Å². The second-order valence-electron chi connectivity index (χ2n) is 14.8. The van der Waals surface area contributed by atoms with Crippen LogP contribution in [-0.2, 0) is 20.7 Å². The highest BCUT2D eigenvalue weighted by Gasteiger charge is 2.24. The van der Waals surface area contributed by atoms with Gasteiger partial charge < -0.3 is 45.0 Å². The molecule has 0 aliphatic carbocycles. The molecule has 0 bridgehead atoms. The van der Waals surface area contributed by atoms with E-state index in [1.54, 1.807) is 36.3 Å². The molecule has 0 radical (unpaired) electrons. The molecule has 24 nitrogen and oxygen atoms in total. The minimum atomic E-state index is -4.70. The number of aliphatic hydroxyl groups is 2. The van der Waals surface area contributed by atoms with Gasteiger partial charge in [0.1, 0.15) is 27.8 Å². The lowest BCUT2D eigenvalue weighted by molar-refractivity contribution is 0.280. The third-order valence-electron chi connectivity index (χ3n) is 10.5. The van der Waals surface area contributed by atoms with Crippen molar-refractivity contribution in [1.82, 2.24) is 24.9 Å². The number of nitrogens with one attached hydrogen (secondary N) is 2. The van der Waals surface area contributed by atoms with E-state index in [9.17, 15) is 23.2 Å². The first-order chi connectivity index (χ1) is 35.0. The van der Waals surface area contributed by atoms with Crippen molar-refractivity contribution in [2.75, 3.05) is 92.0 Å². The van der Waals surface area contributed by atoms with E-state index in [1.165, 1.54) is 30.6 Å². The van der Waals surface area contributed by atoms with Crippen molar-refractivity contribution < 1.29 is 45.3 Å². The monoisotopic (exact) mass is 1120 g/mol. The largest absolute Gasteiger partial charge is 0.494 e. The number of fused-ring (bicyclic) bond motifs is 2. The average Bonchev–Trinajstić information content (AvgIpc) is 3.96. The first-order valence-corrected chi connectivity index (χ1v) is 26.7. The minimum absolute atomic E-state index is 0.0247. The van der Waals surface area contributed by atoms with Crippen LogP contribution in [0.25, 0.3) is 20.4 Å². The zero-order chi connectivity index (χ0) is 53.0. The van der Waals surface area contributed by atoms with Gasteiger partial charge in [-0.15, -0.1) is 33.1 Å². The van der Waals surface area contributed by atoms with Gasteiger partial charge in [-0.1, -0.05) is 45.9 Å². The summed E-state index contributed by atoms with van der Waals surface area (Å²) in [5, 5.41) is 45.7. The van der Waals surface area contributed by atoms with Gasteiger partial charge in [-0.3, -0.25) is 4.55 Å². The number of aliphatic hydroxyl groups excluding tert-OH is 2. The Kier molecular flexibility index (Phi) is 19.4. The second-order valence-corrected chi connectivity index (χ2v) is 19.4. The van der Waals surface area contributed by atoms with Crippen LogP contribution >= 0.6 is 45.9 Å². The maximum Gasteiger partial charge on any atom is 0.425 e. The Labute approximate surface area is 438 Å². The lowest BCUT2D eigenvalue weighted by Gasteiger charge is -2.25. The normalized spacial score (nSPS) is 11.5. The number of hydrogen-bond acceptors (Lipinski definition) is 25. The third-order valence-corrected chi connectivity index (χ3v) is 14.1. The SMILES string of the molecule is CCN(CC)c1cc(Nc2nc(Nc3cc(N(CC)CC)c(OC)cc3N=Nc3nc4ccc(Cl)c(S(=O)(=O)O)c4s3)nc(N(CCO)CCO)n2)c(N=Nc2nc3ccc(Cl)cc3s2)cc1OC.O=S(=O)=O. The summed E-state index contributed by atoms with van der Waals surface area (Å²) in [5.41, 5.74) is 3.84. The predicted octanol–water partition coefficient (Wildman–Crippen LogP) is 9.46. The van der Waals surface area contributed by atoms with Crippen LogP contribution in [0.3, 0.4) is 0 Å². The van der Waals surface area contributed by atoms with Crippen molar-refractivity contribution in [3.63, 3.8) is 0 Å². The van der Waals surface area contributed by atoms with E-state index >= 15 is 0 Å². The van der Waals surface area contributed by atoms with Crippen molar-refractivity contribution in [2.45, 2.75) is 32.6 Å². The zero-order valence-electron chi connectivity index (χ0n) is 39.8. The van der Waals surface area contributed by atoms with Crippen LogP contribution in [-0.4, -0.2) is 127 Å². The van der Waals surface area contributed by atoms with E-state index in [4.69, 9.17) is 60.3 Å². The summed E-state index contributed by atoms with van der Waals surface area (Å²) in [5.74, 6) is 1.20. The Morgan fingerprint density at radius 1 is 0.658 bits per heavy atom. The molecule has 0 fully saturated rings. The summed E-state index contributed by atoms with van der Waals surface area (Å²) in [4.78, 5) is 28.6. The highest BCUT2D eigenvalue weighted by atomic mass is 35.5. The highest BCUT2D eigenvalue weighted by Crippen LogP contribution is 2.44. The molecule has 0 aliphatic rings. The van der Waals surface area contributed by atoms with E-state index in [2.05, 4.69) is 50.9 Å². The topological polar surface area (TPSA) is 312 Å². The van der Waals surface area contributed by atoms with E-state index in [0.29, 0.717) is 70.6 Å². The standard InChI is InChI=1S/C43H48Cl2N14O7S3.O3S/c1-7-57(8-2)32-20-28(30(22-34(32)65-5)53-55-42-48-26-13-11-24(44)19-36(26)67-42)46-39-50-40(52-41(51-39)59(15-17-60)16-18-61)47-29-21-33(58(9-3)10-4)35(66-6)23-31(29)54-56-43-49-27-14-12-25(45)38(37(27)68-43)69(62,63)64;1-4(2)3/h11-14,19-23,60-61H,7-10,15-18H2,1-6H3,(H,62,63,64)(H2,46,47,50,51,52);. The molecule has 0 aliphatic heterocycles. The minimum Gasteiger partial charge on any atom is -0.494 e. The first kappa shape index (κ1) is 55.8. The number of anilines is 7. The zero-order valence-corrected chi connectivity index (χ0v) is 44.6. The van der Waals surface area contributed by atoms with Crippen LogP contribution in [0.4, 0.5) is 62.2 Å².